The zero-order chi connectivity index (χ0) is 22.8. The number of sulfonamides is 1. The number of hydrogen-bond acceptors (Lipinski definition) is 5. The number of benzene rings is 2. The average Bonchev–Trinajstić information content (AvgIpc) is 2.74. The molecule has 0 radical (unpaired) electrons. The molecular formula is C23H28N2O5S. The summed E-state index contributed by atoms with van der Waals surface area (Å²) in [5, 5.41) is 0. The lowest BCUT2D eigenvalue weighted by Crippen LogP contribution is -2.38. The quantitative estimate of drug-likeness (QED) is 0.689. The highest BCUT2D eigenvalue weighted by molar-refractivity contribution is 7.89. The van der Waals surface area contributed by atoms with E-state index in [-0.39, 0.29) is 17.1 Å². The molecule has 0 bridgehead atoms. The van der Waals surface area contributed by atoms with E-state index in [9.17, 15) is 18.0 Å². The lowest BCUT2D eigenvalue weighted by atomic mass is 10.0. The molecule has 7 nitrogen and oxygen atoms in total. The molecule has 0 atom stereocenters. The summed E-state index contributed by atoms with van der Waals surface area (Å²) in [4.78, 5) is 24.0. The van der Waals surface area contributed by atoms with Gasteiger partial charge in [-0.1, -0.05) is 19.1 Å². The van der Waals surface area contributed by atoms with E-state index < -0.39 is 21.9 Å². The highest BCUT2D eigenvalue weighted by Gasteiger charge is 2.30. The second kappa shape index (κ2) is 9.20. The largest absolute Gasteiger partial charge is 0.457 e. The number of carbonyl (C=O) groups excluding carboxylic acids is 2. The molecule has 1 aliphatic heterocycles. The number of aryl methyl sites for hydroxylation is 1. The van der Waals surface area contributed by atoms with Crippen molar-refractivity contribution in [1.29, 1.82) is 0 Å². The Balaban J connectivity index is 1.79. The zero-order valence-corrected chi connectivity index (χ0v) is 18.9. The van der Waals surface area contributed by atoms with E-state index in [1.165, 1.54) is 10.4 Å². The van der Waals surface area contributed by atoms with Crippen LogP contribution in [-0.2, 0) is 21.4 Å². The first-order valence-electron chi connectivity index (χ1n) is 10.3. The number of carbonyl (C=O) groups is 2. The summed E-state index contributed by atoms with van der Waals surface area (Å²) in [5.74, 6) is -0.631. The van der Waals surface area contributed by atoms with E-state index in [4.69, 9.17) is 10.5 Å². The Morgan fingerprint density at radius 1 is 1.06 bits per heavy atom. The van der Waals surface area contributed by atoms with Crippen molar-refractivity contribution in [3.8, 4) is 0 Å². The molecule has 1 fully saturated rings. The van der Waals surface area contributed by atoms with Crippen molar-refractivity contribution in [3.05, 3.63) is 64.2 Å². The van der Waals surface area contributed by atoms with Gasteiger partial charge in [-0.3, -0.25) is 4.79 Å². The number of hydrogen-bond donors (Lipinski definition) is 1. The summed E-state index contributed by atoms with van der Waals surface area (Å²) in [7, 11) is -3.69. The van der Waals surface area contributed by atoms with Gasteiger partial charge in [-0.25, -0.2) is 13.2 Å². The van der Waals surface area contributed by atoms with Crippen LogP contribution >= 0.6 is 0 Å². The maximum absolute atomic E-state index is 13.2. The zero-order valence-electron chi connectivity index (χ0n) is 18.1. The SMILES string of the molecule is Cc1cc(C(=O)OCc2ccc(C(N)=O)cc2)cc(S(=O)(=O)N2CCC(C)CC2)c1C. The van der Waals surface area contributed by atoms with Crippen molar-refractivity contribution in [2.24, 2.45) is 11.7 Å². The second-order valence-corrected chi connectivity index (χ2v) is 10.0. The van der Waals surface area contributed by atoms with E-state index >= 15 is 0 Å². The molecule has 0 spiro atoms. The molecule has 8 heteroatoms. The fraction of sp³-hybridized carbons (Fsp3) is 0.391. The lowest BCUT2D eigenvalue weighted by molar-refractivity contribution is 0.0472. The number of ether oxygens (including phenoxy) is 1. The van der Waals surface area contributed by atoms with Crippen LogP contribution in [0, 0.1) is 19.8 Å². The molecule has 166 valence electrons. The van der Waals surface area contributed by atoms with Gasteiger partial charge in [0, 0.05) is 18.7 Å². The smallest absolute Gasteiger partial charge is 0.338 e. The molecule has 0 unspecified atom stereocenters. The summed E-state index contributed by atoms with van der Waals surface area (Å²) in [5.41, 5.74) is 7.82. The fourth-order valence-corrected chi connectivity index (χ4v) is 5.37. The number of esters is 1. The van der Waals surface area contributed by atoms with Crippen molar-refractivity contribution in [1.82, 2.24) is 4.31 Å². The monoisotopic (exact) mass is 444 g/mol. The number of nitrogens with two attached hydrogens (primary N) is 1. The minimum Gasteiger partial charge on any atom is -0.457 e. The van der Waals surface area contributed by atoms with Crippen LogP contribution in [0.3, 0.4) is 0 Å². The normalized spacial score (nSPS) is 15.6. The summed E-state index contributed by atoms with van der Waals surface area (Å²) in [6, 6.07) is 9.48. The molecule has 1 amide bonds. The van der Waals surface area contributed by atoms with Crippen LogP contribution in [0.2, 0.25) is 0 Å². The van der Waals surface area contributed by atoms with Gasteiger partial charge in [-0.2, -0.15) is 4.31 Å². The molecule has 31 heavy (non-hydrogen) atoms. The third kappa shape index (κ3) is 5.14. The standard InChI is InChI=1S/C23H28N2O5S/c1-15-8-10-25(11-9-15)31(28,29)21-13-20(12-16(2)17(21)3)23(27)30-14-18-4-6-19(7-5-18)22(24)26/h4-7,12-13,15H,8-11,14H2,1-3H3,(H2,24,26). The van der Waals surface area contributed by atoms with E-state index in [1.54, 1.807) is 44.2 Å². The summed E-state index contributed by atoms with van der Waals surface area (Å²) >= 11 is 0. The highest BCUT2D eigenvalue weighted by atomic mass is 32.2. The first-order valence-corrected chi connectivity index (χ1v) is 11.7. The first-order chi connectivity index (χ1) is 14.6. The van der Waals surface area contributed by atoms with E-state index in [0.717, 1.165) is 12.8 Å². The predicted octanol–water partition coefficient (Wildman–Crippen LogP) is 3.18. The van der Waals surface area contributed by atoms with Crippen LogP contribution in [0.4, 0.5) is 0 Å². The Morgan fingerprint density at radius 2 is 1.68 bits per heavy atom. The van der Waals surface area contributed by atoms with Gasteiger partial charge >= 0.3 is 5.97 Å². The van der Waals surface area contributed by atoms with Crippen LogP contribution in [0.25, 0.3) is 0 Å². The third-order valence-corrected chi connectivity index (χ3v) is 7.85. The van der Waals surface area contributed by atoms with Crippen molar-refractivity contribution < 1.29 is 22.7 Å². The van der Waals surface area contributed by atoms with Crippen molar-refractivity contribution in [2.75, 3.05) is 13.1 Å². The lowest BCUT2D eigenvalue weighted by Gasteiger charge is -2.30. The highest BCUT2D eigenvalue weighted by Crippen LogP contribution is 2.28. The molecule has 3 rings (SSSR count). The van der Waals surface area contributed by atoms with Crippen LogP contribution in [-0.4, -0.2) is 37.7 Å². The number of amides is 1. The van der Waals surface area contributed by atoms with Gasteiger partial charge in [0.2, 0.25) is 15.9 Å². The van der Waals surface area contributed by atoms with Crippen LogP contribution in [0.5, 0.6) is 0 Å². The molecule has 0 aliphatic carbocycles. The molecular weight excluding hydrogens is 416 g/mol. The third-order valence-electron chi connectivity index (χ3n) is 5.82. The maximum Gasteiger partial charge on any atom is 0.338 e. The Labute approximate surface area is 183 Å². The van der Waals surface area contributed by atoms with E-state index in [2.05, 4.69) is 6.92 Å². The van der Waals surface area contributed by atoms with Crippen LogP contribution in [0.15, 0.2) is 41.3 Å². The summed E-state index contributed by atoms with van der Waals surface area (Å²) < 4.78 is 33.4. The molecule has 1 saturated heterocycles. The molecule has 2 N–H and O–H groups in total. The van der Waals surface area contributed by atoms with Crippen molar-refractivity contribution >= 4 is 21.9 Å². The van der Waals surface area contributed by atoms with Crippen molar-refractivity contribution in [2.45, 2.75) is 45.1 Å². The Kier molecular flexibility index (Phi) is 6.81. The van der Waals surface area contributed by atoms with Gasteiger partial charge in [0.1, 0.15) is 6.61 Å². The van der Waals surface area contributed by atoms with Gasteiger partial charge in [0.15, 0.2) is 0 Å². The van der Waals surface area contributed by atoms with Crippen LogP contribution in [0.1, 0.15) is 57.2 Å². The molecule has 0 aromatic heterocycles. The Bertz CT molecular complexity index is 1090. The first kappa shape index (κ1) is 23.0. The average molecular weight is 445 g/mol. The second-order valence-electron chi connectivity index (χ2n) is 8.14. The topological polar surface area (TPSA) is 107 Å². The summed E-state index contributed by atoms with van der Waals surface area (Å²) in [6.45, 7) is 6.63. The molecule has 1 aliphatic rings. The van der Waals surface area contributed by atoms with Gasteiger partial charge < -0.3 is 10.5 Å². The number of rotatable bonds is 6. The number of nitrogens with zero attached hydrogens (tertiary/aromatic N) is 1. The molecule has 2 aromatic rings. The van der Waals surface area contributed by atoms with E-state index in [1.807, 2.05) is 0 Å². The number of piperidine rings is 1. The Hall–Kier alpha value is -2.71. The van der Waals surface area contributed by atoms with Gasteiger partial charge in [0.25, 0.3) is 0 Å². The maximum atomic E-state index is 13.2. The predicted molar refractivity (Wildman–Crippen MR) is 117 cm³/mol. The number of primary amides is 1. The Morgan fingerprint density at radius 3 is 2.26 bits per heavy atom. The van der Waals surface area contributed by atoms with Crippen molar-refractivity contribution in [3.63, 3.8) is 0 Å². The molecule has 0 saturated carbocycles. The van der Waals surface area contributed by atoms with Gasteiger partial charge in [0.05, 0.1) is 10.5 Å². The van der Waals surface area contributed by atoms with Gasteiger partial charge in [-0.15, -0.1) is 0 Å². The van der Waals surface area contributed by atoms with E-state index in [0.29, 0.717) is 41.3 Å². The molecule has 1 heterocycles. The minimum atomic E-state index is -3.69. The minimum absolute atomic E-state index is 0.00308. The summed E-state index contributed by atoms with van der Waals surface area (Å²) in [6.07, 6.45) is 1.65. The molecule has 2 aromatic carbocycles. The van der Waals surface area contributed by atoms with Gasteiger partial charge in [-0.05, 0) is 73.6 Å². The van der Waals surface area contributed by atoms with Crippen LogP contribution < -0.4 is 5.73 Å². The fourth-order valence-electron chi connectivity index (χ4n) is 3.57.